The van der Waals surface area contributed by atoms with Gasteiger partial charge in [-0.05, 0) is 13.0 Å². The highest BCUT2D eigenvalue weighted by molar-refractivity contribution is 5.77. The Balaban J connectivity index is 2.87. The molecule has 0 atom stereocenters. The van der Waals surface area contributed by atoms with Gasteiger partial charge in [-0.2, -0.15) is 0 Å². The number of para-hydroxylation sites is 1. The molecule has 5 heteroatoms. The van der Waals surface area contributed by atoms with Crippen LogP contribution in [0, 0.1) is 0 Å². The Morgan fingerprint density at radius 2 is 2.06 bits per heavy atom. The first-order valence-electron chi connectivity index (χ1n) is 5.78. The molecule has 0 bridgehead atoms. The van der Waals surface area contributed by atoms with E-state index >= 15 is 0 Å². The fourth-order valence-electron chi connectivity index (χ4n) is 1.38. The third kappa shape index (κ3) is 3.63. The number of likely N-dealkylation sites (N-methyl/N-ethyl adjacent to an activating group) is 1. The number of benzene rings is 1. The molecule has 0 aliphatic carbocycles. The smallest absolute Gasteiger partial charge is 0.259 e. The highest BCUT2D eigenvalue weighted by Crippen LogP contribution is 2.31. The molecule has 5 nitrogen and oxygen atoms in total. The van der Waals surface area contributed by atoms with Crippen LogP contribution in [-0.2, 0) is 11.4 Å². The molecule has 1 aromatic rings. The van der Waals surface area contributed by atoms with Crippen molar-refractivity contribution in [2.75, 3.05) is 27.3 Å². The van der Waals surface area contributed by atoms with Crippen LogP contribution in [0.15, 0.2) is 18.2 Å². The lowest BCUT2D eigenvalue weighted by Gasteiger charge is -2.16. The lowest BCUT2D eigenvalue weighted by molar-refractivity contribution is -0.130. The van der Waals surface area contributed by atoms with Crippen molar-refractivity contribution < 1.29 is 19.4 Å². The average Bonchev–Trinajstić information content (AvgIpc) is 2.36. The molecule has 0 saturated carbocycles. The Morgan fingerprint density at radius 1 is 1.33 bits per heavy atom. The first kappa shape index (κ1) is 14.3. The number of hydrogen-bond acceptors (Lipinski definition) is 4. The van der Waals surface area contributed by atoms with Crippen molar-refractivity contribution in [3.63, 3.8) is 0 Å². The van der Waals surface area contributed by atoms with Gasteiger partial charge in [0.15, 0.2) is 18.1 Å². The number of nitrogens with zero attached hydrogens (tertiary/aromatic N) is 1. The molecule has 0 aliphatic heterocycles. The van der Waals surface area contributed by atoms with E-state index in [1.807, 2.05) is 6.92 Å². The van der Waals surface area contributed by atoms with Crippen molar-refractivity contribution >= 4 is 5.91 Å². The third-order valence-corrected chi connectivity index (χ3v) is 2.37. The van der Waals surface area contributed by atoms with E-state index in [-0.39, 0.29) is 19.1 Å². The third-order valence-electron chi connectivity index (χ3n) is 2.37. The van der Waals surface area contributed by atoms with Gasteiger partial charge in [0, 0.05) is 19.7 Å². The second kappa shape index (κ2) is 6.86. The molecule has 0 aliphatic rings. The summed E-state index contributed by atoms with van der Waals surface area (Å²) in [5, 5.41) is 9.25. The number of ether oxygens (including phenoxy) is 2. The summed E-state index contributed by atoms with van der Waals surface area (Å²) in [5.41, 5.74) is 0.604. The van der Waals surface area contributed by atoms with E-state index in [2.05, 4.69) is 0 Å². The van der Waals surface area contributed by atoms with Gasteiger partial charge in [0.1, 0.15) is 0 Å². The molecule has 0 spiro atoms. The highest BCUT2D eigenvalue weighted by atomic mass is 16.5. The van der Waals surface area contributed by atoms with Gasteiger partial charge in [0.05, 0.1) is 13.2 Å². The summed E-state index contributed by atoms with van der Waals surface area (Å²) in [7, 11) is 3.32. The van der Waals surface area contributed by atoms with Gasteiger partial charge < -0.3 is 19.5 Å². The number of carbonyl (C=O) groups excluding carboxylic acids is 1. The topological polar surface area (TPSA) is 59.0 Å². The summed E-state index contributed by atoms with van der Waals surface area (Å²) < 4.78 is 10.9. The van der Waals surface area contributed by atoms with Crippen LogP contribution >= 0.6 is 0 Å². The van der Waals surface area contributed by atoms with Crippen LogP contribution in [0.5, 0.6) is 11.5 Å². The van der Waals surface area contributed by atoms with E-state index in [9.17, 15) is 9.90 Å². The van der Waals surface area contributed by atoms with Gasteiger partial charge in [-0.3, -0.25) is 4.79 Å². The summed E-state index contributed by atoms with van der Waals surface area (Å²) in [6, 6.07) is 5.26. The maximum absolute atomic E-state index is 11.5. The standard InChI is InChI=1S/C13H19NO4/c1-4-17-11-7-5-6-10(8-15)13(11)18-9-12(16)14(2)3/h5-7,15H,4,8-9H2,1-3H3. The summed E-state index contributed by atoms with van der Waals surface area (Å²) in [6.07, 6.45) is 0. The number of aliphatic hydroxyl groups excluding tert-OH is 1. The van der Waals surface area contributed by atoms with Gasteiger partial charge in [-0.1, -0.05) is 12.1 Å². The van der Waals surface area contributed by atoms with Crippen molar-refractivity contribution in [1.82, 2.24) is 4.90 Å². The summed E-state index contributed by atoms with van der Waals surface area (Å²) >= 11 is 0. The lowest BCUT2D eigenvalue weighted by Crippen LogP contribution is -2.27. The predicted molar refractivity (Wildman–Crippen MR) is 67.7 cm³/mol. The maximum atomic E-state index is 11.5. The quantitative estimate of drug-likeness (QED) is 0.823. The Hall–Kier alpha value is -1.75. The number of amides is 1. The monoisotopic (exact) mass is 253 g/mol. The first-order valence-corrected chi connectivity index (χ1v) is 5.78. The molecule has 1 rings (SSSR count). The minimum absolute atomic E-state index is 0.0793. The molecule has 0 radical (unpaired) electrons. The molecule has 0 fully saturated rings. The van der Waals surface area contributed by atoms with Crippen LogP contribution in [0.2, 0.25) is 0 Å². The molecule has 1 N–H and O–H groups in total. The van der Waals surface area contributed by atoms with Crippen molar-refractivity contribution in [2.24, 2.45) is 0 Å². The SMILES string of the molecule is CCOc1cccc(CO)c1OCC(=O)N(C)C. The summed E-state index contributed by atoms with van der Waals surface area (Å²) in [4.78, 5) is 12.9. The van der Waals surface area contributed by atoms with Gasteiger partial charge in [0.2, 0.25) is 0 Å². The number of carbonyl (C=O) groups is 1. The molecule has 1 aromatic carbocycles. The number of aliphatic hydroxyl groups is 1. The van der Waals surface area contributed by atoms with Gasteiger partial charge >= 0.3 is 0 Å². The maximum Gasteiger partial charge on any atom is 0.259 e. The van der Waals surface area contributed by atoms with Crippen molar-refractivity contribution in [1.29, 1.82) is 0 Å². The largest absolute Gasteiger partial charge is 0.490 e. The van der Waals surface area contributed by atoms with Gasteiger partial charge in [-0.25, -0.2) is 0 Å². The van der Waals surface area contributed by atoms with Crippen molar-refractivity contribution in [3.05, 3.63) is 23.8 Å². The van der Waals surface area contributed by atoms with Crippen LogP contribution in [0.25, 0.3) is 0 Å². The van der Waals surface area contributed by atoms with Crippen LogP contribution in [-0.4, -0.2) is 43.2 Å². The van der Waals surface area contributed by atoms with Crippen LogP contribution in [0.4, 0.5) is 0 Å². The highest BCUT2D eigenvalue weighted by Gasteiger charge is 2.13. The Labute approximate surface area is 107 Å². The molecular formula is C13H19NO4. The zero-order valence-electron chi connectivity index (χ0n) is 11.0. The Morgan fingerprint density at radius 3 is 2.61 bits per heavy atom. The minimum atomic E-state index is -0.160. The fourth-order valence-corrected chi connectivity index (χ4v) is 1.38. The molecule has 0 aromatic heterocycles. The normalized spacial score (nSPS) is 10.0. The second-order valence-electron chi connectivity index (χ2n) is 3.91. The molecule has 1 amide bonds. The Kier molecular flexibility index (Phi) is 5.45. The molecule has 0 saturated heterocycles. The first-order chi connectivity index (χ1) is 8.60. The number of rotatable bonds is 6. The zero-order chi connectivity index (χ0) is 13.5. The van der Waals surface area contributed by atoms with E-state index in [0.717, 1.165) is 0 Å². The van der Waals surface area contributed by atoms with Crippen molar-refractivity contribution in [3.8, 4) is 11.5 Å². The van der Waals surface area contributed by atoms with Crippen molar-refractivity contribution in [2.45, 2.75) is 13.5 Å². The van der Waals surface area contributed by atoms with E-state index in [1.165, 1.54) is 4.90 Å². The van der Waals surface area contributed by atoms with Gasteiger partial charge in [0.25, 0.3) is 5.91 Å². The predicted octanol–water partition coefficient (Wildman–Crippen LogP) is 1.04. The minimum Gasteiger partial charge on any atom is -0.490 e. The second-order valence-corrected chi connectivity index (χ2v) is 3.91. The van der Waals surface area contributed by atoms with Gasteiger partial charge in [-0.15, -0.1) is 0 Å². The molecule has 18 heavy (non-hydrogen) atoms. The van der Waals surface area contributed by atoms with Crippen LogP contribution in [0.1, 0.15) is 12.5 Å². The van der Waals surface area contributed by atoms with E-state index < -0.39 is 0 Å². The van der Waals surface area contributed by atoms with Crippen LogP contribution in [0.3, 0.4) is 0 Å². The lowest BCUT2D eigenvalue weighted by atomic mass is 10.2. The number of hydrogen-bond donors (Lipinski definition) is 1. The van der Waals surface area contributed by atoms with E-state index in [1.54, 1.807) is 32.3 Å². The van der Waals surface area contributed by atoms with Crippen LogP contribution < -0.4 is 9.47 Å². The molecule has 100 valence electrons. The summed E-state index contributed by atoms with van der Waals surface area (Å²) in [5.74, 6) is 0.817. The molecular weight excluding hydrogens is 234 g/mol. The Bertz CT molecular complexity index is 404. The molecule has 0 heterocycles. The molecule has 0 unspecified atom stereocenters. The average molecular weight is 253 g/mol. The zero-order valence-corrected chi connectivity index (χ0v) is 11.0. The van der Waals surface area contributed by atoms with E-state index in [0.29, 0.717) is 23.7 Å². The summed E-state index contributed by atoms with van der Waals surface area (Å²) in [6.45, 7) is 2.11. The fraction of sp³-hybridized carbons (Fsp3) is 0.462. The van der Waals surface area contributed by atoms with E-state index in [4.69, 9.17) is 9.47 Å².